The second kappa shape index (κ2) is 2.87. The van der Waals surface area contributed by atoms with Crippen molar-refractivity contribution in [2.45, 2.75) is 6.92 Å². The van der Waals surface area contributed by atoms with Crippen LogP contribution in [0.3, 0.4) is 0 Å². The van der Waals surface area contributed by atoms with Gasteiger partial charge < -0.3 is 0 Å². The predicted octanol–water partition coefficient (Wildman–Crippen LogP) is 2.41. The summed E-state index contributed by atoms with van der Waals surface area (Å²) in [6, 6.07) is 7.75. The molecular formula is C11H8N2. The number of nitriles is 1. The predicted molar refractivity (Wildman–Crippen MR) is 51.2 cm³/mol. The van der Waals surface area contributed by atoms with Gasteiger partial charge >= 0.3 is 0 Å². The minimum Gasteiger partial charge on any atom is -0.264 e. The molecule has 0 unspecified atom stereocenters. The SMILES string of the molecule is Cc1cncc2ccc(C#N)cc12. The van der Waals surface area contributed by atoms with Crippen molar-refractivity contribution in [1.29, 1.82) is 5.26 Å². The van der Waals surface area contributed by atoms with Crippen molar-refractivity contribution in [3.8, 4) is 6.07 Å². The molecule has 0 radical (unpaired) electrons. The van der Waals surface area contributed by atoms with Gasteiger partial charge in [0.2, 0.25) is 0 Å². The lowest BCUT2D eigenvalue weighted by molar-refractivity contribution is 1.31. The first-order valence-electron chi connectivity index (χ1n) is 4.06. The third-order valence-electron chi connectivity index (χ3n) is 2.09. The van der Waals surface area contributed by atoms with E-state index >= 15 is 0 Å². The third-order valence-corrected chi connectivity index (χ3v) is 2.09. The number of benzene rings is 1. The maximum absolute atomic E-state index is 8.72. The van der Waals surface area contributed by atoms with Crippen molar-refractivity contribution >= 4 is 10.8 Å². The zero-order valence-electron chi connectivity index (χ0n) is 7.28. The molecule has 0 saturated carbocycles. The summed E-state index contributed by atoms with van der Waals surface area (Å²) in [4.78, 5) is 4.08. The van der Waals surface area contributed by atoms with Gasteiger partial charge in [0, 0.05) is 17.8 Å². The van der Waals surface area contributed by atoms with E-state index in [4.69, 9.17) is 5.26 Å². The van der Waals surface area contributed by atoms with Gasteiger partial charge in [0.1, 0.15) is 0 Å². The third kappa shape index (κ3) is 1.25. The van der Waals surface area contributed by atoms with Crippen LogP contribution in [0.4, 0.5) is 0 Å². The lowest BCUT2D eigenvalue weighted by atomic mass is 10.1. The van der Waals surface area contributed by atoms with Gasteiger partial charge in [-0.25, -0.2) is 0 Å². The van der Waals surface area contributed by atoms with Crippen LogP contribution in [0.15, 0.2) is 30.6 Å². The molecule has 0 fully saturated rings. The Morgan fingerprint density at radius 3 is 2.92 bits per heavy atom. The standard InChI is InChI=1S/C11H8N2/c1-8-6-13-7-10-3-2-9(5-12)4-11(8)10/h2-4,6-7H,1H3. The highest BCUT2D eigenvalue weighted by atomic mass is 14.6. The fraction of sp³-hybridized carbons (Fsp3) is 0.0909. The molecule has 1 aromatic heterocycles. The van der Waals surface area contributed by atoms with Gasteiger partial charge in [0.15, 0.2) is 0 Å². The van der Waals surface area contributed by atoms with Gasteiger partial charge in [-0.15, -0.1) is 0 Å². The number of nitrogens with zero attached hydrogens (tertiary/aromatic N) is 2. The molecule has 0 bridgehead atoms. The Morgan fingerprint density at radius 1 is 1.31 bits per heavy atom. The molecule has 1 aromatic carbocycles. The molecule has 0 N–H and O–H groups in total. The first kappa shape index (κ1) is 7.75. The average molecular weight is 168 g/mol. The second-order valence-electron chi connectivity index (χ2n) is 3.00. The van der Waals surface area contributed by atoms with E-state index in [9.17, 15) is 0 Å². The normalized spacial score (nSPS) is 9.85. The summed E-state index contributed by atoms with van der Waals surface area (Å²) in [6.45, 7) is 2.00. The molecular weight excluding hydrogens is 160 g/mol. The topological polar surface area (TPSA) is 36.7 Å². The highest BCUT2D eigenvalue weighted by Crippen LogP contribution is 2.17. The highest BCUT2D eigenvalue weighted by molar-refractivity contribution is 5.85. The van der Waals surface area contributed by atoms with E-state index in [1.54, 1.807) is 0 Å². The summed E-state index contributed by atoms with van der Waals surface area (Å²) in [5, 5.41) is 10.9. The summed E-state index contributed by atoms with van der Waals surface area (Å²) < 4.78 is 0. The molecule has 0 spiro atoms. The van der Waals surface area contributed by atoms with Crippen LogP contribution < -0.4 is 0 Å². The molecule has 1 heterocycles. The number of rotatable bonds is 0. The minimum atomic E-state index is 0.696. The summed E-state index contributed by atoms with van der Waals surface area (Å²) >= 11 is 0. The number of pyridine rings is 1. The van der Waals surface area contributed by atoms with Crippen molar-refractivity contribution in [3.05, 3.63) is 41.7 Å². The molecule has 0 atom stereocenters. The number of hydrogen-bond acceptors (Lipinski definition) is 2. The first-order chi connectivity index (χ1) is 6.31. The van der Waals surface area contributed by atoms with Crippen molar-refractivity contribution in [1.82, 2.24) is 4.98 Å². The Balaban J connectivity index is 2.84. The van der Waals surface area contributed by atoms with Gasteiger partial charge in [-0.1, -0.05) is 6.07 Å². The van der Waals surface area contributed by atoms with Crippen LogP contribution in [0.1, 0.15) is 11.1 Å². The van der Waals surface area contributed by atoms with Gasteiger partial charge in [0.05, 0.1) is 11.6 Å². The largest absolute Gasteiger partial charge is 0.264 e. The van der Waals surface area contributed by atoms with Gasteiger partial charge in [-0.05, 0) is 30.0 Å². The van der Waals surface area contributed by atoms with Gasteiger partial charge in [-0.2, -0.15) is 5.26 Å². The van der Waals surface area contributed by atoms with E-state index in [1.165, 1.54) is 0 Å². The number of aromatic nitrogens is 1. The molecule has 13 heavy (non-hydrogen) atoms. The molecule has 0 aliphatic rings. The minimum absolute atomic E-state index is 0.696. The van der Waals surface area contributed by atoms with Crippen molar-refractivity contribution in [3.63, 3.8) is 0 Å². The van der Waals surface area contributed by atoms with Crippen LogP contribution in [-0.4, -0.2) is 4.98 Å². The van der Waals surface area contributed by atoms with Crippen LogP contribution in [0, 0.1) is 18.3 Å². The van der Waals surface area contributed by atoms with E-state index in [0.29, 0.717) is 5.56 Å². The molecule has 0 amide bonds. The lowest BCUT2D eigenvalue weighted by Gasteiger charge is -2.00. The lowest BCUT2D eigenvalue weighted by Crippen LogP contribution is -1.82. The summed E-state index contributed by atoms with van der Waals surface area (Å²) in [5.41, 5.74) is 1.80. The average Bonchev–Trinajstić information content (AvgIpc) is 2.18. The quantitative estimate of drug-likeness (QED) is 0.605. The Morgan fingerprint density at radius 2 is 2.15 bits per heavy atom. The molecule has 0 aliphatic heterocycles. The molecule has 0 saturated heterocycles. The maximum atomic E-state index is 8.72. The Labute approximate surface area is 76.5 Å². The molecule has 2 aromatic rings. The number of hydrogen-bond donors (Lipinski definition) is 0. The fourth-order valence-corrected chi connectivity index (χ4v) is 1.38. The fourth-order valence-electron chi connectivity index (χ4n) is 1.38. The molecule has 2 nitrogen and oxygen atoms in total. The Hall–Kier alpha value is -1.88. The molecule has 2 heteroatoms. The molecule has 0 aliphatic carbocycles. The summed E-state index contributed by atoms with van der Waals surface area (Å²) in [5.74, 6) is 0. The van der Waals surface area contributed by atoms with E-state index < -0.39 is 0 Å². The molecule has 2 rings (SSSR count). The summed E-state index contributed by atoms with van der Waals surface area (Å²) in [6.07, 6.45) is 3.62. The zero-order valence-corrected chi connectivity index (χ0v) is 7.28. The van der Waals surface area contributed by atoms with E-state index in [0.717, 1.165) is 16.3 Å². The van der Waals surface area contributed by atoms with Crippen LogP contribution in [0.2, 0.25) is 0 Å². The van der Waals surface area contributed by atoms with Gasteiger partial charge in [-0.3, -0.25) is 4.98 Å². The smallest absolute Gasteiger partial charge is 0.0991 e. The van der Waals surface area contributed by atoms with Crippen molar-refractivity contribution < 1.29 is 0 Å². The zero-order chi connectivity index (χ0) is 9.26. The maximum Gasteiger partial charge on any atom is 0.0991 e. The Bertz CT molecular complexity index is 495. The van der Waals surface area contributed by atoms with E-state index in [-0.39, 0.29) is 0 Å². The van der Waals surface area contributed by atoms with E-state index in [2.05, 4.69) is 11.1 Å². The van der Waals surface area contributed by atoms with Crippen molar-refractivity contribution in [2.24, 2.45) is 0 Å². The first-order valence-corrected chi connectivity index (χ1v) is 4.06. The molecule has 62 valence electrons. The van der Waals surface area contributed by atoms with E-state index in [1.807, 2.05) is 37.5 Å². The van der Waals surface area contributed by atoms with Crippen LogP contribution in [0.25, 0.3) is 10.8 Å². The van der Waals surface area contributed by atoms with Crippen molar-refractivity contribution in [2.75, 3.05) is 0 Å². The second-order valence-corrected chi connectivity index (χ2v) is 3.00. The van der Waals surface area contributed by atoms with Crippen LogP contribution in [-0.2, 0) is 0 Å². The summed E-state index contributed by atoms with van der Waals surface area (Å²) in [7, 11) is 0. The monoisotopic (exact) mass is 168 g/mol. The van der Waals surface area contributed by atoms with Crippen LogP contribution >= 0.6 is 0 Å². The Kier molecular flexibility index (Phi) is 1.71. The number of fused-ring (bicyclic) bond motifs is 1. The highest BCUT2D eigenvalue weighted by Gasteiger charge is 1.98. The number of aryl methyl sites for hydroxylation is 1. The van der Waals surface area contributed by atoms with Gasteiger partial charge in [0.25, 0.3) is 0 Å². The van der Waals surface area contributed by atoms with Crippen LogP contribution in [0.5, 0.6) is 0 Å².